The van der Waals surface area contributed by atoms with Gasteiger partial charge in [-0.15, -0.1) is 0 Å². The fourth-order valence-corrected chi connectivity index (χ4v) is 1.45. The van der Waals surface area contributed by atoms with Crippen LogP contribution >= 0.6 is 0 Å². The fourth-order valence-electron chi connectivity index (χ4n) is 1.45. The van der Waals surface area contributed by atoms with Gasteiger partial charge in [-0.2, -0.15) is 0 Å². The van der Waals surface area contributed by atoms with Crippen molar-refractivity contribution in [2.24, 2.45) is 0 Å². The van der Waals surface area contributed by atoms with Crippen LogP contribution in [0.5, 0.6) is 5.75 Å². The van der Waals surface area contributed by atoms with Crippen molar-refractivity contribution >= 4 is 12.6 Å². The molecule has 0 aromatic heterocycles. The minimum Gasteiger partial charge on any atom is -0.494 e. The lowest BCUT2D eigenvalue weighted by molar-refractivity contribution is 0.275. The normalized spacial score (nSPS) is 14.5. The predicted octanol–water partition coefficient (Wildman–Crippen LogP) is 0.303. The Morgan fingerprint density at radius 2 is 2.46 bits per heavy atom. The maximum atomic E-state index is 9.40. The Morgan fingerprint density at radius 3 is 3.23 bits per heavy atom. The summed E-state index contributed by atoms with van der Waals surface area (Å²) in [5.74, 6) is 0.783. The third kappa shape index (κ3) is 1.55. The third-order valence-corrected chi connectivity index (χ3v) is 2.09. The van der Waals surface area contributed by atoms with E-state index in [-0.39, 0.29) is 0 Å². The van der Waals surface area contributed by atoms with Crippen LogP contribution in [0, 0.1) is 0 Å². The standard InChI is InChI=1S/C9H11BO3/c1-2-12-8-4-3-7-6-13-10(11)9(7)5-8/h3-5,11H,2,6H2,1H3. The van der Waals surface area contributed by atoms with Crippen LogP contribution in [0.1, 0.15) is 12.5 Å². The van der Waals surface area contributed by atoms with Crippen molar-refractivity contribution in [3.05, 3.63) is 23.8 Å². The van der Waals surface area contributed by atoms with Crippen LogP contribution in [0.2, 0.25) is 0 Å². The van der Waals surface area contributed by atoms with Gasteiger partial charge in [0.1, 0.15) is 5.75 Å². The minimum absolute atomic E-state index is 0.489. The van der Waals surface area contributed by atoms with E-state index in [0.29, 0.717) is 13.2 Å². The lowest BCUT2D eigenvalue weighted by Gasteiger charge is -2.04. The molecule has 1 N–H and O–H groups in total. The van der Waals surface area contributed by atoms with Crippen LogP contribution in [0.3, 0.4) is 0 Å². The highest BCUT2D eigenvalue weighted by Crippen LogP contribution is 2.15. The van der Waals surface area contributed by atoms with E-state index in [1.54, 1.807) is 0 Å². The van der Waals surface area contributed by atoms with Crippen LogP contribution in [0.15, 0.2) is 18.2 Å². The Hall–Kier alpha value is -0.995. The molecule has 0 bridgehead atoms. The molecule has 1 aromatic carbocycles. The summed E-state index contributed by atoms with van der Waals surface area (Å²) in [6, 6.07) is 5.65. The van der Waals surface area contributed by atoms with Gasteiger partial charge < -0.3 is 14.4 Å². The van der Waals surface area contributed by atoms with Crippen molar-refractivity contribution in [2.45, 2.75) is 13.5 Å². The van der Waals surface area contributed by atoms with Crippen molar-refractivity contribution in [1.29, 1.82) is 0 Å². The summed E-state index contributed by atoms with van der Waals surface area (Å²) in [5.41, 5.74) is 1.86. The zero-order valence-corrected chi connectivity index (χ0v) is 7.49. The largest absolute Gasteiger partial charge is 0.494 e. The van der Waals surface area contributed by atoms with E-state index in [0.717, 1.165) is 16.8 Å². The Morgan fingerprint density at radius 1 is 1.62 bits per heavy atom. The molecule has 68 valence electrons. The molecule has 0 spiro atoms. The molecule has 2 rings (SSSR count). The van der Waals surface area contributed by atoms with E-state index in [9.17, 15) is 5.02 Å². The van der Waals surface area contributed by atoms with Gasteiger partial charge in [-0.25, -0.2) is 0 Å². The third-order valence-electron chi connectivity index (χ3n) is 2.09. The van der Waals surface area contributed by atoms with Crippen molar-refractivity contribution in [3.8, 4) is 5.75 Å². The molecule has 0 saturated heterocycles. The van der Waals surface area contributed by atoms with Crippen LogP contribution in [-0.2, 0) is 11.3 Å². The number of hydrogen-bond acceptors (Lipinski definition) is 3. The van der Waals surface area contributed by atoms with Gasteiger partial charge in [-0.05, 0) is 30.1 Å². The molecule has 4 heteroatoms. The first kappa shape index (κ1) is 8.60. The molecule has 0 atom stereocenters. The second-order valence-electron chi connectivity index (χ2n) is 2.96. The molecule has 1 aliphatic rings. The van der Waals surface area contributed by atoms with Crippen molar-refractivity contribution < 1.29 is 14.4 Å². The topological polar surface area (TPSA) is 38.7 Å². The average molecular weight is 178 g/mol. The Labute approximate surface area is 77.4 Å². The van der Waals surface area contributed by atoms with Gasteiger partial charge in [0.2, 0.25) is 0 Å². The summed E-state index contributed by atoms with van der Waals surface area (Å²) in [6.07, 6.45) is 0. The number of benzene rings is 1. The Bertz CT molecular complexity index is 314. The van der Waals surface area contributed by atoms with Gasteiger partial charge in [0.15, 0.2) is 0 Å². The smallest absolute Gasteiger partial charge is 0.491 e. The minimum atomic E-state index is -0.782. The number of rotatable bonds is 2. The maximum Gasteiger partial charge on any atom is 0.491 e. The summed E-state index contributed by atoms with van der Waals surface area (Å²) in [7, 11) is -0.782. The Balaban J connectivity index is 2.31. The van der Waals surface area contributed by atoms with E-state index in [4.69, 9.17) is 9.39 Å². The molecular weight excluding hydrogens is 167 g/mol. The molecule has 13 heavy (non-hydrogen) atoms. The summed E-state index contributed by atoms with van der Waals surface area (Å²) < 4.78 is 10.4. The highest BCUT2D eigenvalue weighted by Gasteiger charge is 2.27. The van der Waals surface area contributed by atoms with Gasteiger partial charge in [0, 0.05) is 0 Å². The highest BCUT2D eigenvalue weighted by atomic mass is 16.5. The summed E-state index contributed by atoms with van der Waals surface area (Å²) in [4.78, 5) is 0. The number of fused-ring (bicyclic) bond motifs is 1. The molecule has 1 aromatic rings. The lowest BCUT2D eigenvalue weighted by atomic mass is 9.79. The van der Waals surface area contributed by atoms with E-state index >= 15 is 0 Å². The molecule has 3 nitrogen and oxygen atoms in total. The van der Waals surface area contributed by atoms with E-state index in [2.05, 4.69) is 0 Å². The van der Waals surface area contributed by atoms with Crippen LogP contribution in [-0.4, -0.2) is 18.7 Å². The van der Waals surface area contributed by atoms with E-state index in [1.807, 2.05) is 25.1 Å². The highest BCUT2D eigenvalue weighted by molar-refractivity contribution is 6.61. The average Bonchev–Trinajstić information content (AvgIpc) is 2.49. The van der Waals surface area contributed by atoms with Gasteiger partial charge in [0.25, 0.3) is 0 Å². The molecule has 1 aliphatic heterocycles. The van der Waals surface area contributed by atoms with Crippen molar-refractivity contribution in [1.82, 2.24) is 0 Å². The number of ether oxygens (including phenoxy) is 1. The van der Waals surface area contributed by atoms with Crippen LogP contribution < -0.4 is 10.2 Å². The van der Waals surface area contributed by atoms with Gasteiger partial charge in [-0.1, -0.05) is 6.07 Å². The molecule has 0 unspecified atom stereocenters. The van der Waals surface area contributed by atoms with E-state index in [1.165, 1.54) is 0 Å². The van der Waals surface area contributed by atoms with Crippen molar-refractivity contribution in [3.63, 3.8) is 0 Å². The number of hydrogen-bond donors (Lipinski definition) is 1. The Kier molecular flexibility index (Phi) is 2.25. The van der Waals surface area contributed by atoms with Gasteiger partial charge in [0.05, 0.1) is 13.2 Å². The SMILES string of the molecule is CCOc1ccc2c(c1)B(O)OC2. The summed E-state index contributed by atoms with van der Waals surface area (Å²) >= 11 is 0. The lowest BCUT2D eigenvalue weighted by Crippen LogP contribution is -2.27. The molecule has 0 saturated carbocycles. The predicted molar refractivity (Wildman–Crippen MR) is 50.0 cm³/mol. The molecule has 1 heterocycles. The van der Waals surface area contributed by atoms with Crippen molar-refractivity contribution in [2.75, 3.05) is 6.61 Å². The second kappa shape index (κ2) is 3.40. The van der Waals surface area contributed by atoms with Crippen LogP contribution in [0.4, 0.5) is 0 Å². The first-order valence-corrected chi connectivity index (χ1v) is 4.36. The summed E-state index contributed by atoms with van der Waals surface area (Å²) in [6.45, 7) is 3.05. The molecule has 0 aliphatic carbocycles. The zero-order chi connectivity index (χ0) is 9.26. The zero-order valence-electron chi connectivity index (χ0n) is 7.49. The quantitative estimate of drug-likeness (QED) is 0.662. The maximum absolute atomic E-state index is 9.40. The monoisotopic (exact) mass is 178 g/mol. The second-order valence-corrected chi connectivity index (χ2v) is 2.96. The molecule has 0 radical (unpaired) electrons. The van der Waals surface area contributed by atoms with Gasteiger partial charge in [-0.3, -0.25) is 0 Å². The van der Waals surface area contributed by atoms with Crippen LogP contribution in [0.25, 0.3) is 0 Å². The summed E-state index contributed by atoms with van der Waals surface area (Å²) in [5, 5.41) is 9.40. The first-order chi connectivity index (χ1) is 6.31. The molecule has 0 fully saturated rings. The first-order valence-electron chi connectivity index (χ1n) is 4.36. The molecular formula is C9H11BO3. The molecule has 0 amide bonds. The fraction of sp³-hybridized carbons (Fsp3) is 0.333. The van der Waals surface area contributed by atoms with Gasteiger partial charge >= 0.3 is 7.12 Å². The van der Waals surface area contributed by atoms with E-state index < -0.39 is 7.12 Å².